The zero-order valence-corrected chi connectivity index (χ0v) is 12.6. The van der Waals surface area contributed by atoms with E-state index in [1.165, 1.54) is 45.1 Å². The highest BCUT2D eigenvalue weighted by Gasteiger charge is 2.30. The number of thiol groups is 1. The molecule has 1 aliphatic carbocycles. The highest BCUT2D eigenvalue weighted by Crippen LogP contribution is 2.36. The average Bonchev–Trinajstić information content (AvgIpc) is 2.55. The van der Waals surface area contributed by atoms with Gasteiger partial charge in [-0.25, -0.2) is 0 Å². The topological polar surface area (TPSA) is 12.5 Å². The van der Waals surface area contributed by atoms with E-state index in [9.17, 15) is 0 Å². The summed E-state index contributed by atoms with van der Waals surface area (Å²) >= 11 is 4.63. The van der Waals surface area contributed by atoms with Gasteiger partial charge in [-0.05, 0) is 38.0 Å². The van der Waals surface area contributed by atoms with E-state index in [2.05, 4.69) is 31.5 Å². The van der Waals surface area contributed by atoms with Gasteiger partial charge in [-0.1, -0.05) is 25.7 Å². The second kappa shape index (κ2) is 7.65. The van der Waals surface area contributed by atoms with Crippen molar-refractivity contribution >= 4 is 12.6 Å². The van der Waals surface area contributed by atoms with Crippen LogP contribution in [-0.4, -0.2) is 44.0 Å². The highest BCUT2D eigenvalue weighted by atomic mass is 32.1. The van der Waals surface area contributed by atoms with Gasteiger partial charge in [0.2, 0.25) is 0 Å². The standard InChI is InChI=1S/C14H29NOS/c1-13(16-3)10-15(2)11-14(12-17)8-6-4-5-7-9-14/h13,17H,4-12H2,1-3H3. The van der Waals surface area contributed by atoms with Crippen molar-refractivity contribution in [1.29, 1.82) is 0 Å². The van der Waals surface area contributed by atoms with Gasteiger partial charge in [-0.2, -0.15) is 12.6 Å². The summed E-state index contributed by atoms with van der Waals surface area (Å²) < 4.78 is 5.34. The summed E-state index contributed by atoms with van der Waals surface area (Å²) in [6.07, 6.45) is 8.61. The largest absolute Gasteiger partial charge is 0.380 e. The van der Waals surface area contributed by atoms with Crippen molar-refractivity contribution in [1.82, 2.24) is 4.90 Å². The van der Waals surface area contributed by atoms with Gasteiger partial charge in [0.1, 0.15) is 0 Å². The minimum Gasteiger partial charge on any atom is -0.380 e. The Morgan fingerprint density at radius 1 is 1.24 bits per heavy atom. The molecule has 2 nitrogen and oxygen atoms in total. The van der Waals surface area contributed by atoms with E-state index in [-0.39, 0.29) is 0 Å². The maximum atomic E-state index is 5.34. The highest BCUT2D eigenvalue weighted by molar-refractivity contribution is 7.80. The molecule has 0 N–H and O–H groups in total. The first-order valence-corrected chi connectivity index (χ1v) is 7.57. The van der Waals surface area contributed by atoms with Crippen molar-refractivity contribution in [2.45, 2.75) is 51.6 Å². The third kappa shape index (κ3) is 5.19. The molecule has 1 rings (SSSR count). The molecule has 1 atom stereocenters. The second-order valence-corrected chi connectivity index (χ2v) is 6.13. The molecule has 0 saturated heterocycles. The summed E-state index contributed by atoms with van der Waals surface area (Å²) in [5.41, 5.74) is 0.446. The fourth-order valence-corrected chi connectivity index (χ4v) is 3.41. The average molecular weight is 259 g/mol. The SMILES string of the molecule is COC(C)CN(C)CC1(CS)CCCCCC1. The van der Waals surface area contributed by atoms with Crippen molar-refractivity contribution < 1.29 is 4.74 Å². The molecular formula is C14H29NOS. The molecule has 1 saturated carbocycles. The van der Waals surface area contributed by atoms with Crippen LogP contribution in [0.4, 0.5) is 0 Å². The van der Waals surface area contributed by atoms with Gasteiger partial charge in [0, 0.05) is 20.2 Å². The lowest BCUT2D eigenvalue weighted by molar-refractivity contribution is 0.0683. The Hall–Kier alpha value is 0.270. The van der Waals surface area contributed by atoms with Gasteiger partial charge in [0.25, 0.3) is 0 Å². The molecule has 0 heterocycles. The molecule has 0 amide bonds. The van der Waals surface area contributed by atoms with E-state index in [4.69, 9.17) is 4.74 Å². The van der Waals surface area contributed by atoms with Gasteiger partial charge in [0.15, 0.2) is 0 Å². The fraction of sp³-hybridized carbons (Fsp3) is 1.00. The third-order valence-electron chi connectivity index (χ3n) is 4.08. The molecule has 1 fully saturated rings. The smallest absolute Gasteiger partial charge is 0.0669 e. The summed E-state index contributed by atoms with van der Waals surface area (Å²) in [6, 6.07) is 0. The van der Waals surface area contributed by atoms with Crippen LogP contribution in [-0.2, 0) is 4.74 Å². The molecule has 0 radical (unpaired) electrons. The Bertz CT molecular complexity index is 202. The second-order valence-electron chi connectivity index (χ2n) is 5.82. The maximum absolute atomic E-state index is 5.34. The van der Waals surface area contributed by atoms with Crippen molar-refractivity contribution in [3.05, 3.63) is 0 Å². The van der Waals surface area contributed by atoms with Crippen LogP contribution in [0.15, 0.2) is 0 Å². The minimum atomic E-state index is 0.322. The zero-order chi connectivity index (χ0) is 12.7. The first-order chi connectivity index (χ1) is 8.12. The molecule has 0 aromatic heterocycles. The summed E-state index contributed by atoms with van der Waals surface area (Å²) in [6.45, 7) is 4.33. The molecule has 0 aromatic rings. The van der Waals surface area contributed by atoms with Crippen LogP contribution in [0, 0.1) is 5.41 Å². The Morgan fingerprint density at radius 2 is 1.82 bits per heavy atom. The molecule has 1 unspecified atom stereocenters. The lowest BCUT2D eigenvalue weighted by Gasteiger charge is -2.36. The predicted octanol–water partition coefficient (Wildman–Crippen LogP) is 3.22. The Labute approximate surface area is 113 Å². The maximum Gasteiger partial charge on any atom is 0.0669 e. The molecule has 0 bridgehead atoms. The van der Waals surface area contributed by atoms with E-state index in [1.807, 2.05) is 0 Å². The number of rotatable bonds is 6. The van der Waals surface area contributed by atoms with Crippen LogP contribution < -0.4 is 0 Å². The zero-order valence-electron chi connectivity index (χ0n) is 11.7. The monoisotopic (exact) mass is 259 g/mol. The van der Waals surface area contributed by atoms with E-state index in [1.54, 1.807) is 7.11 Å². The normalized spacial score (nSPS) is 22.4. The molecule has 0 aliphatic heterocycles. The van der Waals surface area contributed by atoms with Crippen LogP contribution in [0.2, 0.25) is 0 Å². The number of hydrogen-bond donors (Lipinski definition) is 1. The Morgan fingerprint density at radius 3 is 2.29 bits per heavy atom. The van der Waals surface area contributed by atoms with Crippen LogP contribution in [0.5, 0.6) is 0 Å². The van der Waals surface area contributed by atoms with Crippen molar-refractivity contribution in [3.8, 4) is 0 Å². The summed E-state index contributed by atoms with van der Waals surface area (Å²) in [7, 11) is 4.00. The number of likely N-dealkylation sites (N-methyl/N-ethyl adjacent to an activating group) is 1. The van der Waals surface area contributed by atoms with E-state index >= 15 is 0 Å². The van der Waals surface area contributed by atoms with Gasteiger partial charge in [-0.15, -0.1) is 0 Å². The van der Waals surface area contributed by atoms with E-state index in [0.717, 1.165) is 12.3 Å². The van der Waals surface area contributed by atoms with E-state index in [0.29, 0.717) is 11.5 Å². The molecule has 0 spiro atoms. The number of nitrogens with zero attached hydrogens (tertiary/aromatic N) is 1. The third-order valence-corrected chi connectivity index (χ3v) is 4.75. The predicted molar refractivity (Wildman–Crippen MR) is 78.0 cm³/mol. The summed E-state index contributed by atoms with van der Waals surface area (Å²) in [4.78, 5) is 2.43. The Kier molecular flexibility index (Phi) is 6.90. The van der Waals surface area contributed by atoms with Crippen LogP contribution in [0.1, 0.15) is 45.4 Å². The fourth-order valence-electron chi connectivity index (χ4n) is 3.00. The number of ether oxygens (including phenoxy) is 1. The van der Waals surface area contributed by atoms with Gasteiger partial charge >= 0.3 is 0 Å². The van der Waals surface area contributed by atoms with Crippen LogP contribution in [0.3, 0.4) is 0 Å². The molecule has 0 aromatic carbocycles. The first-order valence-electron chi connectivity index (χ1n) is 6.94. The van der Waals surface area contributed by atoms with Gasteiger partial charge in [-0.3, -0.25) is 0 Å². The first kappa shape index (κ1) is 15.3. The molecule has 1 aliphatic rings. The number of methoxy groups -OCH3 is 1. The van der Waals surface area contributed by atoms with Gasteiger partial charge in [0.05, 0.1) is 6.10 Å². The summed E-state index contributed by atoms with van der Waals surface area (Å²) in [5, 5.41) is 0. The lowest BCUT2D eigenvalue weighted by Crippen LogP contribution is -2.40. The molecule has 17 heavy (non-hydrogen) atoms. The van der Waals surface area contributed by atoms with Crippen LogP contribution in [0.25, 0.3) is 0 Å². The molecular weight excluding hydrogens is 230 g/mol. The quantitative estimate of drug-likeness (QED) is 0.581. The van der Waals surface area contributed by atoms with E-state index < -0.39 is 0 Å². The summed E-state index contributed by atoms with van der Waals surface area (Å²) in [5.74, 6) is 1.03. The Balaban J connectivity index is 2.48. The van der Waals surface area contributed by atoms with Gasteiger partial charge < -0.3 is 9.64 Å². The van der Waals surface area contributed by atoms with Crippen LogP contribution >= 0.6 is 12.6 Å². The molecule has 102 valence electrons. The number of hydrogen-bond acceptors (Lipinski definition) is 3. The lowest BCUT2D eigenvalue weighted by atomic mass is 9.81. The minimum absolute atomic E-state index is 0.322. The van der Waals surface area contributed by atoms with Crippen molar-refractivity contribution in [2.24, 2.45) is 5.41 Å². The van der Waals surface area contributed by atoms with Crippen molar-refractivity contribution in [2.75, 3.05) is 33.0 Å². The molecule has 3 heteroatoms. The van der Waals surface area contributed by atoms with Crippen molar-refractivity contribution in [3.63, 3.8) is 0 Å².